The van der Waals surface area contributed by atoms with Crippen LogP contribution in [0.15, 0.2) is 53.0 Å². The van der Waals surface area contributed by atoms with Gasteiger partial charge < -0.3 is 15.0 Å². The quantitative estimate of drug-likeness (QED) is 0.568. The van der Waals surface area contributed by atoms with Crippen molar-refractivity contribution >= 4 is 23.3 Å². The van der Waals surface area contributed by atoms with E-state index >= 15 is 0 Å². The molecule has 10 heteroatoms. The highest BCUT2D eigenvalue weighted by Gasteiger charge is 2.23. The molecule has 4 rings (SSSR count). The Kier molecular flexibility index (Phi) is 6.37. The Morgan fingerprint density at radius 3 is 2.84 bits per heavy atom. The van der Waals surface area contributed by atoms with Gasteiger partial charge in [-0.2, -0.15) is 4.37 Å². The molecule has 31 heavy (non-hydrogen) atoms. The molecule has 0 bridgehead atoms. The highest BCUT2D eigenvalue weighted by atomic mass is 32.1. The molecular formula is C21H21N5O4S. The highest BCUT2D eigenvalue weighted by Crippen LogP contribution is 2.24. The van der Waals surface area contributed by atoms with Crippen LogP contribution in [0.4, 0.5) is 0 Å². The van der Waals surface area contributed by atoms with E-state index in [1.54, 1.807) is 16.3 Å². The Balaban J connectivity index is 1.26. The lowest BCUT2D eigenvalue weighted by atomic mass is 10.1. The number of amides is 2. The van der Waals surface area contributed by atoms with Gasteiger partial charge in [-0.3, -0.25) is 19.0 Å². The predicted molar refractivity (Wildman–Crippen MR) is 113 cm³/mol. The fraction of sp³-hybridized carbons (Fsp3) is 0.286. The normalized spacial score (nSPS) is 12.5. The average molecular weight is 439 g/mol. The average Bonchev–Trinajstić information content (AvgIpc) is 3.45. The number of aryl methyl sites for hydroxylation is 1. The maximum atomic E-state index is 12.6. The first-order chi connectivity index (χ1) is 15.1. The molecule has 2 amide bonds. The Morgan fingerprint density at radius 2 is 2.03 bits per heavy atom. The monoisotopic (exact) mass is 439 g/mol. The maximum Gasteiger partial charge on any atom is 0.258 e. The molecule has 0 spiro atoms. The topological polar surface area (TPSA) is 106 Å². The van der Waals surface area contributed by atoms with Gasteiger partial charge in [-0.25, -0.2) is 4.98 Å². The van der Waals surface area contributed by atoms with Crippen LogP contribution in [0.5, 0.6) is 5.88 Å². The largest absolute Gasteiger partial charge is 0.467 e. The molecule has 160 valence electrons. The number of ether oxygens (including phenoxy) is 1. The van der Waals surface area contributed by atoms with Crippen molar-refractivity contribution in [2.24, 2.45) is 0 Å². The molecule has 0 aliphatic carbocycles. The summed E-state index contributed by atoms with van der Waals surface area (Å²) in [5, 5.41) is 4.61. The smallest absolute Gasteiger partial charge is 0.258 e. The number of hydrogen-bond donors (Lipinski definition) is 1. The minimum Gasteiger partial charge on any atom is -0.467 e. The summed E-state index contributed by atoms with van der Waals surface area (Å²) in [6.07, 6.45) is 3.12. The number of nitrogens with one attached hydrogen (secondary N) is 1. The molecule has 0 radical (unpaired) electrons. The summed E-state index contributed by atoms with van der Waals surface area (Å²) in [6.45, 7) is 1.66. The van der Waals surface area contributed by atoms with Gasteiger partial charge in [-0.15, -0.1) is 0 Å². The zero-order valence-electron chi connectivity index (χ0n) is 16.7. The third kappa shape index (κ3) is 5.34. The number of fused-ring (bicyclic) bond motifs is 1. The number of aromatic nitrogens is 3. The first-order valence-electron chi connectivity index (χ1n) is 9.77. The zero-order chi connectivity index (χ0) is 21.6. The predicted octanol–water partition coefficient (Wildman–Crippen LogP) is 1.33. The lowest BCUT2D eigenvalue weighted by molar-refractivity contribution is -0.132. The number of carbonyl (C=O) groups is 2. The summed E-state index contributed by atoms with van der Waals surface area (Å²) in [5.74, 6) is 0.202. The van der Waals surface area contributed by atoms with Crippen LogP contribution < -0.4 is 15.6 Å². The number of nitrogens with zero attached hydrogens (tertiary/aromatic N) is 4. The second-order valence-electron chi connectivity index (χ2n) is 7.12. The van der Waals surface area contributed by atoms with Gasteiger partial charge in [-0.1, -0.05) is 18.2 Å². The molecule has 0 unspecified atom stereocenters. The second-order valence-corrected chi connectivity index (χ2v) is 7.78. The lowest BCUT2D eigenvalue weighted by Crippen LogP contribution is -2.28. The van der Waals surface area contributed by atoms with Crippen molar-refractivity contribution in [3.05, 3.63) is 75.3 Å². The van der Waals surface area contributed by atoms with E-state index in [-0.39, 0.29) is 30.4 Å². The van der Waals surface area contributed by atoms with Crippen LogP contribution in [0.3, 0.4) is 0 Å². The van der Waals surface area contributed by atoms with Crippen LogP contribution in [0, 0.1) is 0 Å². The van der Waals surface area contributed by atoms with Crippen molar-refractivity contribution < 1.29 is 14.3 Å². The van der Waals surface area contributed by atoms with Crippen LogP contribution in [0.1, 0.15) is 23.1 Å². The highest BCUT2D eigenvalue weighted by molar-refractivity contribution is 7.03. The minimum absolute atomic E-state index is 0.0130. The van der Waals surface area contributed by atoms with Crippen LogP contribution in [-0.4, -0.2) is 37.2 Å². The van der Waals surface area contributed by atoms with Crippen molar-refractivity contribution in [2.75, 3.05) is 6.61 Å². The standard InChI is InChI=1S/C21H21N5O4S/c27-18(13-30-19-5-8-31-24-19)23-10-15-1-2-16-11-26(12-17(16)9-15)21(29)4-7-25-14-22-6-3-20(25)28/h1-3,5-6,8-9,14H,4,7,10-13H2,(H,23,27). The molecule has 2 aromatic heterocycles. The Morgan fingerprint density at radius 1 is 1.16 bits per heavy atom. The third-order valence-corrected chi connectivity index (χ3v) is 5.50. The van der Waals surface area contributed by atoms with E-state index in [2.05, 4.69) is 14.7 Å². The van der Waals surface area contributed by atoms with Gasteiger partial charge >= 0.3 is 0 Å². The van der Waals surface area contributed by atoms with Crippen molar-refractivity contribution in [1.29, 1.82) is 0 Å². The van der Waals surface area contributed by atoms with Crippen molar-refractivity contribution in [3.8, 4) is 5.88 Å². The molecule has 0 fully saturated rings. The second kappa shape index (κ2) is 9.52. The molecule has 9 nitrogen and oxygen atoms in total. The van der Waals surface area contributed by atoms with Crippen molar-refractivity contribution in [1.82, 2.24) is 24.1 Å². The van der Waals surface area contributed by atoms with Crippen LogP contribution in [0.2, 0.25) is 0 Å². The Hall–Kier alpha value is -3.53. The van der Waals surface area contributed by atoms with Crippen LogP contribution in [0.25, 0.3) is 0 Å². The summed E-state index contributed by atoms with van der Waals surface area (Å²) >= 11 is 1.26. The summed E-state index contributed by atoms with van der Waals surface area (Å²) in [7, 11) is 0. The van der Waals surface area contributed by atoms with E-state index in [0.717, 1.165) is 16.7 Å². The van der Waals surface area contributed by atoms with Crippen LogP contribution in [-0.2, 0) is 35.8 Å². The maximum absolute atomic E-state index is 12.6. The van der Waals surface area contributed by atoms with Gasteiger partial charge in [0.2, 0.25) is 11.8 Å². The van der Waals surface area contributed by atoms with Gasteiger partial charge in [0.1, 0.15) is 0 Å². The number of benzene rings is 1. The fourth-order valence-corrected chi connectivity index (χ4v) is 3.78. The zero-order valence-corrected chi connectivity index (χ0v) is 17.5. The van der Waals surface area contributed by atoms with E-state index in [4.69, 9.17) is 4.74 Å². The fourth-order valence-electron chi connectivity index (χ4n) is 3.32. The lowest BCUT2D eigenvalue weighted by Gasteiger charge is -2.15. The molecule has 1 aromatic carbocycles. The first kappa shape index (κ1) is 20.7. The molecule has 1 aliphatic rings. The van der Waals surface area contributed by atoms with Gasteiger partial charge in [0.25, 0.3) is 11.5 Å². The minimum atomic E-state index is -0.226. The Labute approximate surface area is 182 Å². The summed E-state index contributed by atoms with van der Waals surface area (Å²) in [6, 6.07) is 9.03. The molecule has 0 saturated carbocycles. The molecule has 0 atom stereocenters. The van der Waals surface area contributed by atoms with Gasteiger partial charge in [0.05, 0.1) is 6.33 Å². The summed E-state index contributed by atoms with van der Waals surface area (Å²) in [4.78, 5) is 42.0. The SMILES string of the molecule is O=C(COc1ccsn1)NCc1ccc2c(c1)CN(C(=O)CCn1cnccc1=O)C2. The van der Waals surface area contributed by atoms with Crippen molar-refractivity contribution in [2.45, 2.75) is 32.6 Å². The first-order valence-corrected chi connectivity index (χ1v) is 10.6. The van der Waals surface area contributed by atoms with Gasteiger partial charge in [0, 0.05) is 56.3 Å². The molecule has 1 aliphatic heterocycles. The molecule has 3 heterocycles. The van der Waals surface area contributed by atoms with Gasteiger partial charge in [-0.05, 0) is 28.2 Å². The summed E-state index contributed by atoms with van der Waals surface area (Å²) in [5.41, 5.74) is 2.94. The van der Waals surface area contributed by atoms with E-state index in [1.807, 2.05) is 18.2 Å². The molecular weight excluding hydrogens is 418 g/mol. The number of hydrogen-bond acceptors (Lipinski definition) is 7. The third-order valence-electron chi connectivity index (χ3n) is 4.96. The molecule has 3 aromatic rings. The summed E-state index contributed by atoms with van der Waals surface area (Å²) < 4.78 is 10.7. The van der Waals surface area contributed by atoms with Crippen LogP contribution >= 0.6 is 11.5 Å². The van der Waals surface area contributed by atoms with Gasteiger partial charge in [0.15, 0.2) is 6.61 Å². The Bertz CT molecular complexity index is 1130. The van der Waals surface area contributed by atoms with Crippen molar-refractivity contribution in [3.63, 3.8) is 0 Å². The van der Waals surface area contributed by atoms with E-state index in [9.17, 15) is 14.4 Å². The van der Waals surface area contributed by atoms with E-state index < -0.39 is 0 Å². The molecule has 1 N–H and O–H groups in total. The molecule has 0 saturated heterocycles. The van der Waals surface area contributed by atoms with E-state index in [0.29, 0.717) is 32.1 Å². The van der Waals surface area contributed by atoms with E-state index in [1.165, 1.54) is 34.7 Å². The number of rotatable bonds is 8. The number of carbonyl (C=O) groups excluding carboxylic acids is 2.